The Balaban J connectivity index is 2.36. The number of epoxide rings is 1. The van der Waals surface area contributed by atoms with E-state index in [1.807, 2.05) is 0 Å². The van der Waals surface area contributed by atoms with Gasteiger partial charge in [0.25, 0.3) is 0 Å². The first-order valence-electron chi connectivity index (χ1n) is 2.66. The quantitative estimate of drug-likeness (QED) is 0.452. The Labute approximate surface area is 44.7 Å². The maximum atomic E-state index is 5.19. The van der Waals surface area contributed by atoms with Crippen molar-refractivity contribution in [3.8, 4) is 0 Å². The van der Waals surface area contributed by atoms with Gasteiger partial charge in [-0.05, 0) is 20.3 Å². The highest BCUT2D eigenvalue weighted by atomic mass is 16.6. The van der Waals surface area contributed by atoms with Crippen LogP contribution in [0.2, 0.25) is 0 Å². The second-order valence-corrected chi connectivity index (χ2v) is 2.32. The van der Waals surface area contributed by atoms with Gasteiger partial charge in [0.05, 0.1) is 11.7 Å². The fourth-order valence-electron chi connectivity index (χ4n) is 0.632. The molecule has 0 aromatic carbocycles. The molecule has 0 N–H and O–H groups in total. The van der Waals surface area contributed by atoms with Gasteiger partial charge < -0.3 is 4.74 Å². The van der Waals surface area contributed by atoms with Gasteiger partial charge in [0.2, 0.25) is 0 Å². The highest BCUT2D eigenvalue weighted by Gasteiger charge is 2.46. The normalized spacial score (nSPS) is 49.3. The van der Waals surface area contributed by atoms with E-state index in [-0.39, 0.29) is 5.60 Å². The first kappa shape index (κ1) is 5.10. The molecule has 0 spiro atoms. The molecule has 1 nitrogen and oxygen atoms in total. The van der Waals surface area contributed by atoms with Crippen LogP contribution >= 0.6 is 0 Å². The lowest BCUT2D eigenvalue weighted by Crippen LogP contribution is -2.04. The van der Waals surface area contributed by atoms with E-state index >= 15 is 0 Å². The first-order chi connectivity index (χ1) is 3.19. The first-order valence-corrected chi connectivity index (χ1v) is 2.66. The third kappa shape index (κ3) is 0.653. The molecule has 0 aliphatic carbocycles. The van der Waals surface area contributed by atoms with Crippen LogP contribution in [-0.2, 0) is 4.74 Å². The van der Waals surface area contributed by atoms with E-state index in [0.29, 0.717) is 6.10 Å². The molecule has 41 valence electrons. The van der Waals surface area contributed by atoms with Gasteiger partial charge in [-0.2, -0.15) is 0 Å². The van der Waals surface area contributed by atoms with Gasteiger partial charge in [-0.3, -0.25) is 0 Å². The molecule has 1 fully saturated rings. The Morgan fingerprint density at radius 1 is 1.86 bits per heavy atom. The van der Waals surface area contributed by atoms with E-state index in [2.05, 4.69) is 20.8 Å². The molecule has 1 aliphatic rings. The number of ether oxygens (including phenoxy) is 1. The molecule has 0 aromatic heterocycles. The molecule has 1 aliphatic heterocycles. The van der Waals surface area contributed by atoms with Crippen LogP contribution in [0, 0.1) is 6.92 Å². The minimum absolute atomic E-state index is 0.139. The molecule has 0 amide bonds. The lowest BCUT2D eigenvalue weighted by Gasteiger charge is -1.94. The summed E-state index contributed by atoms with van der Waals surface area (Å²) in [5.41, 5.74) is 0.139. The molecular weight excluding hydrogens is 88.1 g/mol. The van der Waals surface area contributed by atoms with E-state index in [1.165, 1.54) is 0 Å². The second kappa shape index (κ2) is 1.22. The second-order valence-electron chi connectivity index (χ2n) is 2.32. The number of hydrogen-bond acceptors (Lipinski definition) is 1. The average molecular weight is 99.2 g/mol. The molecule has 0 bridgehead atoms. The summed E-state index contributed by atoms with van der Waals surface area (Å²) in [6.45, 7) is 7.91. The Morgan fingerprint density at radius 2 is 2.29 bits per heavy atom. The van der Waals surface area contributed by atoms with Crippen LogP contribution in [0.1, 0.15) is 20.3 Å². The van der Waals surface area contributed by atoms with Crippen LogP contribution in [0.3, 0.4) is 0 Å². The lowest BCUT2D eigenvalue weighted by atomic mass is 10.1. The number of rotatable bonds is 1. The third-order valence-electron chi connectivity index (χ3n) is 1.75. The molecule has 2 atom stereocenters. The zero-order valence-electron chi connectivity index (χ0n) is 4.90. The molecule has 7 heavy (non-hydrogen) atoms. The summed E-state index contributed by atoms with van der Waals surface area (Å²) in [7, 11) is 0. The zero-order valence-corrected chi connectivity index (χ0v) is 4.90. The smallest absolute Gasteiger partial charge is 0.0917 e. The molecule has 1 radical (unpaired) electrons. The molecule has 0 saturated carbocycles. The van der Waals surface area contributed by atoms with Crippen molar-refractivity contribution in [2.75, 3.05) is 0 Å². The van der Waals surface area contributed by atoms with E-state index in [4.69, 9.17) is 4.74 Å². The van der Waals surface area contributed by atoms with Crippen LogP contribution in [-0.4, -0.2) is 11.7 Å². The van der Waals surface area contributed by atoms with Crippen molar-refractivity contribution in [2.24, 2.45) is 0 Å². The molecule has 1 rings (SSSR count). The van der Waals surface area contributed by atoms with Gasteiger partial charge in [0.1, 0.15) is 0 Å². The minimum Gasteiger partial charge on any atom is -0.367 e. The predicted molar refractivity (Wildman–Crippen MR) is 28.9 cm³/mol. The van der Waals surface area contributed by atoms with Crippen molar-refractivity contribution in [3.05, 3.63) is 6.92 Å². The SMILES string of the molecule is [CH2]CC1(C)OC1C. The van der Waals surface area contributed by atoms with Gasteiger partial charge in [0, 0.05) is 0 Å². The van der Waals surface area contributed by atoms with E-state index < -0.39 is 0 Å². The van der Waals surface area contributed by atoms with Crippen LogP contribution in [0.25, 0.3) is 0 Å². The van der Waals surface area contributed by atoms with Crippen LogP contribution in [0.15, 0.2) is 0 Å². The Morgan fingerprint density at radius 3 is 2.29 bits per heavy atom. The van der Waals surface area contributed by atoms with Gasteiger partial charge in [-0.15, -0.1) is 0 Å². The van der Waals surface area contributed by atoms with Gasteiger partial charge >= 0.3 is 0 Å². The van der Waals surface area contributed by atoms with Crippen molar-refractivity contribution < 1.29 is 4.74 Å². The fourth-order valence-corrected chi connectivity index (χ4v) is 0.632. The summed E-state index contributed by atoms with van der Waals surface area (Å²) in [5, 5.41) is 0. The van der Waals surface area contributed by atoms with Crippen molar-refractivity contribution in [3.63, 3.8) is 0 Å². The van der Waals surface area contributed by atoms with Gasteiger partial charge in [-0.25, -0.2) is 0 Å². The third-order valence-corrected chi connectivity index (χ3v) is 1.75. The van der Waals surface area contributed by atoms with Crippen LogP contribution < -0.4 is 0 Å². The maximum absolute atomic E-state index is 5.19. The van der Waals surface area contributed by atoms with Gasteiger partial charge in [-0.1, -0.05) is 6.92 Å². The van der Waals surface area contributed by atoms with Crippen molar-refractivity contribution in [1.82, 2.24) is 0 Å². The zero-order chi connectivity index (χ0) is 5.49. The topological polar surface area (TPSA) is 12.5 Å². The number of hydrogen-bond donors (Lipinski definition) is 0. The standard InChI is InChI=1S/C6H11O/c1-4-6(3)5(2)7-6/h5H,1,4H2,2-3H3. The summed E-state index contributed by atoms with van der Waals surface area (Å²) in [4.78, 5) is 0. The highest BCUT2D eigenvalue weighted by Crippen LogP contribution is 2.37. The van der Waals surface area contributed by atoms with E-state index in [9.17, 15) is 0 Å². The van der Waals surface area contributed by atoms with E-state index in [1.54, 1.807) is 0 Å². The molecule has 1 heteroatoms. The predicted octanol–water partition coefficient (Wildman–Crippen LogP) is 1.39. The minimum atomic E-state index is 0.139. The molecule has 0 aromatic rings. The molecule has 1 heterocycles. The Bertz CT molecular complexity index is 76.2. The summed E-state index contributed by atoms with van der Waals surface area (Å²) < 4.78 is 5.19. The van der Waals surface area contributed by atoms with Crippen molar-refractivity contribution >= 4 is 0 Å². The largest absolute Gasteiger partial charge is 0.367 e. The Hall–Kier alpha value is -0.0400. The van der Waals surface area contributed by atoms with Crippen LogP contribution in [0.4, 0.5) is 0 Å². The average Bonchev–Trinajstić information content (AvgIpc) is 2.18. The van der Waals surface area contributed by atoms with Crippen molar-refractivity contribution in [2.45, 2.75) is 32.0 Å². The van der Waals surface area contributed by atoms with Crippen LogP contribution in [0.5, 0.6) is 0 Å². The van der Waals surface area contributed by atoms with Crippen molar-refractivity contribution in [1.29, 1.82) is 0 Å². The summed E-state index contributed by atoms with van der Waals surface area (Å²) in [6, 6.07) is 0. The van der Waals surface area contributed by atoms with Gasteiger partial charge in [0.15, 0.2) is 0 Å². The highest BCUT2D eigenvalue weighted by molar-refractivity contribution is 4.96. The summed E-state index contributed by atoms with van der Waals surface area (Å²) >= 11 is 0. The summed E-state index contributed by atoms with van der Waals surface area (Å²) in [5.74, 6) is 0. The van der Waals surface area contributed by atoms with E-state index in [0.717, 1.165) is 6.42 Å². The molecule has 1 saturated heterocycles. The fraction of sp³-hybridized carbons (Fsp3) is 0.833. The monoisotopic (exact) mass is 99.1 g/mol. The molecule has 2 unspecified atom stereocenters. The maximum Gasteiger partial charge on any atom is 0.0917 e. The molecular formula is C6H11O. The summed E-state index contributed by atoms with van der Waals surface area (Å²) in [6.07, 6.45) is 1.35. The Kier molecular flexibility index (Phi) is 0.890. The lowest BCUT2D eigenvalue weighted by molar-refractivity contribution is 0.313.